The second-order valence-electron chi connectivity index (χ2n) is 4.98. The van der Waals surface area contributed by atoms with Crippen LogP contribution in [0.4, 0.5) is 11.5 Å². The van der Waals surface area contributed by atoms with Gasteiger partial charge in [0.25, 0.3) is 0 Å². The average molecular weight is 334 g/mol. The Hall–Kier alpha value is -1.55. The first-order valence-electron chi connectivity index (χ1n) is 6.81. The number of nitrogens with zero attached hydrogens (tertiary/aromatic N) is 2. The molecule has 2 rings (SSSR count). The molecule has 0 amide bonds. The van der Waals surface area contributed by atoms with Crippen LogP contribution in [-0.2, 0) is 6.54 Å². The summed E-state index contributed by atoms with van der Waals surface area (Å²) in [7, 11) is 0. The summed E-state index contributed by atoms with van der Waals surface area (Å²) in [6.45, 7) is 6.03. The van der Waals surface area contributed by atoms with E-state index in [0.29, 0.717) is 0 Å². The standard InChI is InChI=1S/C16H20BrN3/c1-3-8-20(11-13-4-6-14(18)7-5-13)16-15(17)9-12(2)10-19-16/h4-7,9-10H,3,8,11,18H2,1-2H3. The normalized spacial score (nSPS) is 10.6. The van der Waals surface area contributed by atoms with Gasteiger partial charge >= 0.3 is 0 Å². The maximum atomic E-state index is 5.73. The third kappa shape index (κ3) is 3.73. The molecule has 0 saturated carbocycles. The first-order valence-corrected chi connectivity index (χ1v) is 7.61. The predicted molar refractivity (Wildman–Crippen MR) is 88.9 cm³/mol. The minimum Gasteiger partial charge on any atom is -0.399 e. The average Bonchev–Trinajstić information content (AvgIpc) is 2.41. The molecule has 2 aromatic rings. The van der Waals surface area contributed by atoms with Gasteiger partial charge in [0.1, 0.15) is 5.82 Å². The Morgan fingerprint density at radius 3 is 2.55 bits per heavy atom. The summed E-state index contributed by atoms with van der Waals surface area (Å²) in [6, 6.07) is 10.1. The summed E-state index contributed by atoms with van der Waals surface area (Å²) in [4.78, 5) is 6.85. The molecule has 3 nitrogen and oxygen atoms in total. The molecule has 1 aromatic carbocycles. The van der Waals surface area contributed by atoms with E-state index in [-0.39, 0.29) is 0 Å². The highest BCUT2D eigenvalue weighted by atomic mass is 79.9. The van der Waals surface area contributed by atoms with Crippen LogP contribution in [0.2, 0.25) is 0 Å². The number of aromatic nitrogens is 1. The van der Waals surface area contributed by atoms with Crippen LogP contribution in [0.15, 0.2) is 41.0 Å². The Balaban J connectivity index is 2.24. The fourth-order valence-electron chi connectivity index (χ4n) is 2.13. The lowest BCUT2D eigenvalue weighted by atomic mass is 10.2. The molecule has 0 fully saturated rings. The van der Waals surface area contributed by atoms with Crippen molar-refractivity contribution in [2.75, 3.05) is 17.2 Å². The Labute approximate surface area is 129 Å². The Morgan fingerprint density at radius 2 is 1.95 bits per heavy atom. The summed E-state index contributed by atoms with van der Waals surface area (Å²) in [5, 5.41) is 0. The molecule has 20 heavy (non-hydrogen) atoms. The van der Waals surface area contributed by atoms with Gasteiger partial charge in [0.2, 0.25) is 0 Å². The second-order valence-corrected chi connectivity index (χ2v) is 5.84. The molecule has 0 atom stereocenters. The SMILES string of the molecule is CCCN(Cc1ccc(N)cc1)c1ncc(C)cc1Br. The van der Waals surface area contributed by atoms with Crippen LogP contribution in [0.3, 0.4) is 0 Å². The predicted octanol–water partition coefficient (Wildman–Crippen LogP) is 4.15. The van der Waals surface area contributed by atoms with E-state index in [4.69, 9.17) is 5.73 Å². The Kier molecular flexibility index (Phi) is 5.01. The number of pyridine rings is 1. The highest BCUT2D eigenvalue weighted by molar-refractivity contribution is 9.10. The molecule has 0 bridgehead atoms. The van der Waals surface area contributed by atoms with E-state index in [9.17, 15) is 0 Å². The molecule has 0 unspecified atom stereocenters. The fraction of sp³-hybridized carbons (Fsp3) is 0.312. The van der Waals surface area contributed by atoms with Crippen molar-refractivity contribution in [2.45, 2.75) is 26.8 Å². The topological polar surface area (TPSA) is 42.1 Å². The molecule has 1 aromatic heterocycles. The number of benzene rings is 1. The van der Waals surface area contributed by atoms with Crippen LogP contribution in [0, 0.1) is 6.92 Å². The van der Waals surface area contributed by atoms with Gasteiger partial charge in [-0.15, -0.1) is 0 Å². The van der Waals surface area contributed by atoms with E-state index in [1.54, 1.807) is 0 Å². The molecule has 0 aliphatic rings. The Bertz CT molecular complexity index is 566. The van der Waals surface area contributed by atoms with Gasteiger partial charge in [-0.2, -0.15) is 0 Å². The maximum Gasteiger partial charge on any atom is 0.143 e. The van der Waals surface area contributed by atoms with Crippen LogP contribution >= 0.6 is 15.9 Å². The summed E-state index contributed by atoms with van der Waals surface area (Å²) in [6.07, 6.45) is 2.99. The number of rotatable bonds is 5. The summed E-state index contributed by atoms with van der Waals surface area (Å²) < 4.78 is 1.04. The third-order valence-electron chi connectivity index (χ3n) is 3.10. The molecule has 2 N–H and O–H groups in total. The van der Waals surface area contributed by atoms with Crippen LogP contribution in [0.1, 0.15) is 24.5 Å². The molecule has 4 heteroatoms. The van der Waals surface area contributed by atoms with E-state index < -0.39 is 0 Å². The van der Waals surface area contributed by atoms with E-state index in [0.717, 1.165) is 41.1 Å². The van der Waals surface area contributed by atoms with E-state index >= 15 is 0 Å². The van der Waals surface area contributed by atoms with Crippen molar-refractivity contribution < 1.29 is 0 Å². The molecule has 0 spiro atoms. The largest absolute Gasteiger partial charge is 0.399 e. The quantitative estimate of drug-likeness (QED) is 0.835. The minimum absolute atomic E-state index is 0.797. The van der Waals surface area contributed by atoms with Gasteiger partial charge in [0.15, 0.2) is 0 Å². The van der Waals surface area contributed by atoms with Crippen LogP contribution in [0.5, 0.6) is 0 Å². The van der Waals surface area contributed by atoms with E-state index in [2.05, 4.69) is 50.9 Å². The smallest absolute Gasteiger partial charge is 0.143 e. The number of hydrogen-bond donors (Lipinski definition) is 1. The molecule has 0 radical (unpaired) electrons. The van der Waals surface area contributed by atoms with Gasteiger partial charge in [0, 0.05) is 25.0 Å². The number of nitrogens with two attached hydrogens (primary N) is 1. The lowest BCUT2D eigenvalue weighted by molar-refractivity contribution is 0.752. The zero-order valence-electron chi connectivity index (χ0n) is 11.9. The van der Waals surface area contributed by atoms with Gasteiger partial charge in [0.05, 0.1) is 4.47 Å². The summed E-state index contributed by atoms with van der Waals surface area (Å²) >= 11 is 3.62. The molecule has 1 heterocycles. The first-order chi connectivity index (χ1) is 9.60. The highest BCUT2D eigenvalue weighted by Crippen LogP contribution is 2.26. The van der Waals surface area contributed by atoms with Crippen molar-refractivity contribution in [2.24, 2.45) is 0 Å². The van der Waals surface area contributed by atoms with Gasteiger partial charge in [-0.25, -0.2) is 4.98 Å². The third-order valence-corrected chi connectivity index (χ3v) is 3.69. The van der Waals surface area contributed by atoms with Crippen molar-refractivity contribution in [1.82, 2.24) is 4.98 Å². The fourth-order valence-corrected chi connectivity index (χ4v) is 2.85. The zero-order valence-corrected chi connectivity index (χ0v) is 13.5. The molecular weight excluding hydrogens is 314 g/mol. The van der Waals surface area contributed by atoms with E-state index in [1.807, 2.05) is 25.3 Å². The van der Waals surface area contributed by atoms with Crippen molar-refractivity contribution in [3.05, 3.63) is 52.1 Å². The van der Waals surface area contributed by atoms with Crippen molar-refractivity contribution >= 4 is 27.4 Å². The van der Waals surface area contributed by atoms with Crippen LogP contribution in [-0.4, -0.2) is 11.5 Å². The molecule has 106 valence electrons. The zero-order chi connectivity index (χ0) is 14.5. The number of anilines is 2. The van der Waals surface area contributed by atoms with Crippen LogP contribution in [0.25, 0.3) is 0 Å². The van der Waals surface area contributed by atoms with Gasteiger partial charge < -0.3 is 10.6 Å². The highest BCUT2D eigenvalue weighted by Gasteiger charge is 2.11. The van der Waals surface area contributed by atoms with E-state index in [1.165, 1.54) is 5.56 Å². The van der Waals surface area contributed by atoms with Crippen molar-refractivity contribution in [3.63, 3.8) is 0 Å². The minimum atomic E-state index is 0.797. The molecular formula is C16H20BrN3. The monoisotopic (exact) mass is 333 g/mol. The molecule has 0 saturated heterocycles. The Morgan fingerprint density at radius 1 is 1.25 bits per heavy atom. The molecule has 0 aliphatic carbocycles. The maximum absolute atomic E-state index is 5.73. The second kappa shape index (κ2) is 6.75. The van der Waals surface area contributed by atoms with Crippen LogP contribution < -0.4 is 10.6 Å². The number of nitrogen functional groups attached to an aromatic ring is 1. The van der Waals surface area contributed by atoms with Crippen molar-refractivity contribution in [3.8, 4) is 0 Å². The molecule has 0 aliphatic heterocycles. The summed E-state index contributed by atoms with van der Waals surface area (Å²) in [5.41, 5.74) is 8.93. The van der Waals surface area contributed by atoms with Gasteiger partial charge in [-0.3, -0.25) is 0 Å². The lowest BCUT2D eigenvalue weighted by Crippen LogP contribution is -2.25. The van der Waals surface area contributed by atoms with Gasteiger partial charge in [-0.05, 0) is 58.6 Å². The number of halogens is 1. The van der Waals surface area contributed by atoms with Gasteiger partial charge in [-0.1, -0.05) is 19.1 Å². The summed E-state index contributed by atoms with van der Waals surface area (Å²) in [5.74, 6) is 0.995. The van der Waals surface area contributed by atoms with Crippen molar-refractivity contribution in [1.29, 1.82) is 0 Å². The number of aryl methyl sites for hydroxylation is 1. The number of hydrogen-bond acceptors (Lipinski definition) is 3. The lowest BCUT2D eigenvalue weighted by Gasteiger charge is -2.24. The first kappa shape index (κ1) is 14.9.